The number of ketones is 1. The maximum Gasteiger partial charge on any atom is 0.315 e. The van der Waals surface area contributed by atoms with Crippen LogP contribution in [0.4, 0.5) is 4.79 Å². The number of nitrogens with zero attached hydrogens (tertiary/aromatic N) is 2. The van der Waals surface area contributed by atoms with E-state index >= 15 is 0 Å². The van der Waals surface area contributed by atoms with Gasteiger partial charge in [0.15, 0.2) is 0 Å². The second kappa shape index (κ2) is 17.4. The molecule has 0 aromatic rings. The number of hydrogen-bond donors (Lipinski definition) is 4. The van der Waals surface area contributed by atoms with Gasteiger partial charge in [0, 0.05) is 26.7 Å². The molecule has 13 nitrogen and oxygen atoms in total. The summed E-state index contributed by atoms with van der Waals surface area (Å²) in [5.41, 5.74) is -1.54. The van der Waals surface area contributed by atoms with Gasteiger partial charge in [0.2, 0.25) is 27.6 Å². The number of sulfonamides is 1. The molecule has 4 fully saturated rings. The Morgan fingerprint density at radius 3 is 2.04 bits per heavy atom. The van der Waals surface area contributed by atoms with Gasteiger partial charge in [0.1, 0.15) is 12.1 Å². The molecule has 0 aromatic heterocycles. The molecule has 4 rings (SSSR count). The summed E-state index contributed by atoms with van der Waals surface area (Å²) in [6.07, 6.45) is 11.8. The molecule has 4 aliphatic rings. The van der Waals surface area contributed by atoms with Gasteiger partial charge in [-0.1, -0.05) is 79.1 Å². The van der Waals surface area contributed by atoms with Crippen molar-refractivity contribution in [3.8, 4) is 0 Å². The molecule has 3 saturated carbocycles. The standard InChI is InChI=1S/C37H64N6O7S/c1-7-8-15-28(30(44)33(46)38-26-16-17-26)39-32(45)29-27(25(2)3)18-23-43(29)34(47)31(36(4)19-11-9-12-20-36)40-35(48)41-37(21-13-10-14-22-37)24-51(49,50)42(5)6/h25-29,31H,7-24H2,1-6H3,(H,38,46)(H,39,45)(H2,40,41,48)/t27-,28+,29+,31-/m1/s1. The number of carbonyl (C=O) groups is 5. The molecule has 14 heteroatoms. The zero-order chi connectivity index (χ0) is 37.6. The average molecular weight is 737 g/mol. The van der Waals surface area contributed by atoms with Crippen LogP contribution in [0.3, 0.4) is 0 Å². The number of hydrogen-bond acceptors (Lipinski definition) is 7. The molecule has 4 N–H and O–H groups in total. The summed E-state index contributed by atoms with van der Waals surface area (Å²) in [6, 6.07) is -3.40. The normalized spacial score (nSPS) is 24.4. The molecule has 0 aromatic carbocycles. The Morgan fingerprint density at radius 2 is 1.49 bits per heavy atom. The molecule has 1 saturated heterocycles. The zero-order valence-electron chi connectivity index (χ0n) is 31.9. The van der Waals surface area contributed by atoms with E-state index in [1.165, 1.54) is 18.4 Å². The van der Waals surface area contributed by atoms with Crippen LogP contribution in [0.1, 0.15) is 130 Å². The first-order chi connectivity index (χ1) is 24.0. The van der Waals surface area contributed by atoms with Gasteiger partial charge < -0.3 is 26.2 Å². The van der Waals surface area contributed by atoms with Crippen LogP contribution < -0.4 is 21.3 Å². The average Bonchev–Trinajstić information content (AvgIpc) is 3.77. The molecule has 4 atom stereocenters. The van der Waals surface area contributed by atoms with Crippen LogP contribution in [0.15, 0.2) is 0 Å². The minimum absolute atomic E-state index is 0.00501. The van der Waals surface area contributed by atoms with Crippen molar-refractivity contribution in [1.29, 1.82) is 0 Å². The number of likely N-dealkylation sites (tertiary alicyclic amines) is 1. The minimum atomic E-state index is -3.63. The lowest BCUT2D eigenvalue weighted by Gasteiger charge is -2.44. The summed E-state index contributed by atoms with van der Waals surface area (Å²) in [4.78, 5) is 70.7. The van der Waals surface area contributed by atoms with E-state index in [0.717, 1.165) is 57.8 Å². The monoisotopic (exact) mass is 736 g/mol. The van der Waals surface area contributed by atoms with E-state index in [0.29, 0.717) is 51.5 Å². The number of amides is 5. The largest absolute Gasteiger partial charge is 0.347 e. The summed E-state index contributed by atoms with van der Waals surface area (Å²) in [7, 11) is -0.655. The SMILES string of the molecule is CCCC[C@H](NC(=O)[C@@H]1[C@@H](C(C)C)CCN1C(=O)[C@@H](NC(=O)NC1(CS(=O)(=O)N(C)C)CCCCC1)C1(C)CCCCC1)C(=O)C(=O)NC1CC1. The highest BCUT2D eigenvalue weighted by atomic mass is 32.2. The lowest BCUT2D eigenvalue weighted by molar-refractivity contribution is -0.145. The molecular formula is C37H64N6O7S. The molecule has 0 spiro atoms. The minimum Gasteiger partial charge on any atom is -0.347 e. The second-order valence-corrected chi connectivity index (χ2v) is 18.8. The Hall–Kier alpha value is -2.74. The summed E-state index contributed by atoms with van der Waals surface area (Å²) in [5, 5.41) is 11.7. The number of nitrogens with one attached hydrogen (secondary N) is 4. The van der Waals surface area contributed by atoms with E-state index in [2.05, 4.69) is 21.3 Å². The van der Waals surface area contributed by atoms with Crippen molar-refractivity contribution in [2.75, 3.05) is 26.4 Å². The van der Waals surface area contributed by atoms with Gasteiger partial charge >= 0.3 is 6.03 Å². The molecule has 0 radical (unpaired) electrons. The van der Waals surface area contributed by atoms with Crippen LogP contribution in [0, 0.1) is 17.3 Å². The quantitative estimate of drug-likeness (QED) is 0.175. The van der Waals surface area contributed by atoms with Crippen molar-refractivity contribution in [3.05, 3.63) is 0 Å². The van der Waals surface area contributed by atoms with Gasteiger partial charge in [0.05, 0.1) is 17.3 Å². The smallest absolute Gasteiger partial charge is 0.315 e. The fourth-order valence-electron chi connectivity index (χ4n) is 8.44. The van der Waals surface area contributed by atoms with Crippen molar-refractivity contribution in [2.24, 2.45) is 17.3 Å². The predicted octanol–water partition coefficient (Wildman–Crippen LogP) is 3.61. The fraction of sp³-hybridized carbons (Fsp3) is 0.865. The Morgan fingerprint density at radius 1 is 0.882 bits per heavy atom. The van der Waals surface area contributed by atoms with E-state index in [-0.39, 0.29) is 29.5 Å². The maximum absolute atomic E-state index is 14.9. The highest BCUT2D eigenvalue weighted by molar-refractivity contribution is 7.89. The van der Waals surface area contributed by atoms with Gasteiger partial charge in [-0.05, 0) is 68.6 Å². The van der Waals surface area contributed by atoms with Crippen LogP contribution in [-0.2, 0) is 29.2 Å². The lowest BCUT2D eigenvalue weighted by atomic mass is 9.70. The van der Waals surface area contributed by atoms with Gasteiger partial charge in [-0.3, -0.25) is 19.2 Å². The first-order valence-corrected chi connectivity index (χ1v) is 21.1. The van der Waals surface area contributed by atoms with Crippen molar-refractivity contribution >= 4 is 39.6 Å². The molecule has 0 unspecified atom stereocenters. The topological polar surface area (TPSA) is 174 Å². The summed E-state index contributed by atoms with van der Waals surface area (Å²) in [5.74, 6) is -2.53. The number of carbonyl (C=O) groups excluding carboxylic acids is 5. The van der Waals surface area contributed by atoms with Crippen LogP contribution in [0.25, 0.3) is 0 Å². The number of rotatable bonds is 16. The van der Waals surface area contributed by atoms with E-state index in [4.69, 9.17) is 0 Å². The molecule has 5 amide bonds. The molecular weight excluding hydrogens is 673 g/mol. The van der Waals surface area contributed by atoms with E-state index in [1.807, 2.05) is 27.7 Å². The van der Waals surface area contributed by atoms with Crippen LogP contribution >= 0.6 is 0 Å². The third kappa shape index (κ3) is 10.4. The van der Waals surface area contributed by atoms with Gasteiger partial charge in [0.25, 0.3) is 5.91 Å². The summed E-state index contributed by atoms with van der Waals surface area (Å²) in [6.45, 7) is 8.34. The maximum atomic E-state index is 14.9. The molecule has 1 aliphatic heterocycles. The third-order valence-corrected chi connectivity index (χ3v) is 13.9. The molecule has 1 heterocycles. The first kappa shape index (κ1) is 41.0. The molecule has 0 bridgehead atoms. The lowest BCUT2D eigenvalue weighted by Crippen LogP contribution is -2.64. The van der Waals surface area contributed by atoms with Crippen molar-refractivity contribution in [2.45, 2.75) is 160 Å². The Bertz CT molecular complexity index is 1370. The first-order valence-electron chi connectivity index (χ1n) is 19.5. The number of Topliss-reactive ketones (excluding diaryl/α,β-unsaturated/α-hetero) is 1. The Kier molecular flexibility index (Phi) is 14.0. The highest BCUT2D eigenvalue weighted by Crippen LogP contribution is 2.41. The van der Waals surface area contributed by atoms with Crippen LogP contribution in [0.2, 0.25) is 0 Å². The van der Waals surface area contributed by atoms with Crippen LogP contribution in [0.5, 0.6) is 0 Å². The summed E-state index contributed by atoms with van der Waals surface area (Å²) < 4.78 is 27.3. The van der Waals surface area contributed by atoms with E-state index < -0.39 is 62.7 Å². The van der Waals surface area contributed by atoms with E-state index in [9.17, 15) is 32.4 Å². The van der Waals surface area contributed by atoms with E-state index in [1.54, 1.807) is 4.90 Å². The molecule has 3 aliphatic carbocycles. The Labute approximate surface area is 305 Å². The van der Waals surface area contributed by atoms with Gasteiger partial charge in [-0.15, -0.1) is 0 Å². The second-order valence-electron chi connectivity index (χ2n) is 16.6. The van der Waals surface area contributed by atoms with Crippen molar-refractivity contribution in [3.63, 3.8) is 0 Å². The zero-order valence-corrected chi connectivity index (χ0v) is 32.7. The van der Waals surface area contributed by atoms with Gasteiger partial charge in [-0.2, -0.15) is 0 Å². The third-order valence-electron chi connectivity index (χ3n) is 11.9. The summed E-state index contributed by atoms with van der Waals surface area (Å²) >= 11 is 0. The Balaban J connectivity index is 1.60. The van der Waals surface area contributed by atoms with Crippen molar-refractivity contribution in [1.82, 2.24) is 30.5 Å². The highest BCUT2D eigenvalue weighted by Gasteiger charge is 2.50. The number of unbranched alkanes of at least 4 members (excludes halogenated alkanes) is 1. The van der Waals surface area contributed by atoms with Crippen molar-refractivity contribution < 1.29 is 32.4 Å². The van der Waals surface area contributed by atoms with Gasteiger partial charge in [-0.25, -0.2) is 17.5 Å². The van der Waals surface area contributed by atoms with Crippen LogP contribution in [-0.4, -0.2) is 103 Å². The fourth-order valence-corrected chi connectivity index (χ4v) is 9.76. The predicted molar refractivity (Wildman–Crippen MR) is 196 cm³/mol. The molecule has 290 valence electrons. The number of urea groups is 1. The molecule has 51 heavy (non-hydrogen) atoms.